The Morgan fingerprint density at radius 2 is 1.53 bits per heavy atom. The number of anilines is 1. The van der Waals surface area contributed by atoms with Crippen molar-refractivity contribution in [2.24, 2.45) is 23.7 Å². The normalized spacial score (nSPS) is 28.6. The molecule has 0 radical (unpaired) electrons. The molecule has 0 spiro atoms. The Morgan fingerprint density at radius 3 is 2.18 bits per heavy atom. The Balaban J connectivity index is 1.17. The molecular weight excluding hydrogens is 450 g/mol. The standard InChI is InChI=1S/C27H28ClN3O3/c28-22-9-8-20(31-26(33)23-18-6-7-19(14-18)24(23)27(31)34)15-21(22)25(32)30-12-10-29(11-13-30)16-17-4-2-1-3-5-17/h1-5,8-9,15,18-19,23-24H,6-7,10-14,16H2. The Hall–Kier alpha value is -2.70. The van der Waals surface area contributed by atoms with Crippen molar-refractivity contribution >= 4 is 35.0 Å². The van der Waals surface area contributed by atoms with Crippen LogP contribution in [-0.2, 0) is 16.1 Å². The summed E-state index contributed by atoms with van der Waals surface area (Å²) in [7, 11) is 0. The predicted molar refractivity (Wildman–Crippen MR) is 129 cm³/mol. The van der Waals surface area contributed by atoms with Crippen molar-refractivity contribution in [1.29, 1.82) is 0 Å². The second-order valence-electron chi connectivity index (χ2n) is 10.1. The maximum atomic E-state index is 13.4. The van der Waals surface area contributed by atoms with Gasteiger partial charge in [0.15, 0.2) is 0 Å². The number of rotatable bonds is 4. The average molecular weight is 478 g/mol. The van der Waals surface area contributed by atoms with E-state index in [9.17, 15) is 14.4 Å². The first kappa shape index (κ1) is 21.8. The molecule has 2 saturated heterocycles. The van der Waals surface area contributed by atoms with Crippen LogP contribution in [0.25, 0.3) is 0 Å². The van der Waals surface area contributed by atoms with Crippen LogP contribution < -0.4 is 4.90 Å². The molecule has 4 atom stereocenters. The molecule has 0 aromatic heterocycles. The smallest absolute Gasteiger partial charge is 0.255 e. The van der Waals surface area contributed by atoms with Gasteiger partial charge in [0.25, 0.3) is 5.91 Å². The SMILES string of the molecule is O=C(c1cc(N2C(=O)C3C4CCC(C4)C3C2=O)ccc1Cl)N1CCN(Cc2ccccc2)CC1. The van der Waals surface area contributed by atoms with E-state index < -0.39 is 0 Å². The van der Waals surface area contributed by atoms with Gasteiger partial charge in [-0.15, -0.1) is 0 Å². The Bertz CT molecular complexity index is 1120. The van der Waals surface area contributed by atoms with E-state index in [0.29, 0.717) is 41.2 Å². The largest absolute Gasteiger partial charge is 0.336 e. The first-order valence-corrected chi connectivity index (χ1v) is 12.6. The van der Waals surface area contributed by atoms with Crippen LogP contribution in [0, 0.1) is 23.7 Å². The van der Waals surface area contributed by atoms with E-state index in [1.165, 1.54) is 10.5 Å². The third-order valence-corrected chi connectivity index (χ3v) is 8.60. The first-order chi connectivity index (χ1) is 16.5. The van der Waals surface area contributed by atoms with E-state index >= 15 is 0 Å². The van der Waals surface area contributed by atoms with Crippen LogP contribution >= 0.6 is 11.6 Å². The molecule has 2 saturated carbocycles. The minimum atomic E-state index is -0.182. The van der Waals surface area contributed by atoms with Gasteiger partial charge in [-0.05, 0) is 54.9 Å². The fourth-order valence-electron chi connectivity index (χ4n) is 6.60. The molecule has 2 heterocycles. The molecule has 2 aliphatic heterocycles. The van der Waals surface area contributed by atoms with Crippen molar-refractivity contribution in [3.8, 4) is 0 Å². The number of carbonyl (C=O) groups excluding carboxylic acids is 3. The van der Waals surface area contributed by atoms with E-state index in [2.05, 4.69) is 17.0 Å². The molecule has 4 unspecified atom stereocenters. The predicted octanol–water partition coefficient (Wildman–Crippen LogP) is 3.83. The van der Waals surface area contributed by atoms with Gasteiger partial charge < -0.3 is 4.90 Å². The van der Waals surface area contributed by atoms with Crippen molar-refractivity contribution in [3.63, 3.8) is 0 Å². The summed E-state index contributed by atoms with van der Waals surface area (Å²) in [5, 5.41) is 0.347. The van der Waals surface area contributed by atoms with Gasteiger partial charge in [-0.25, -0.2) is 0 Å². The lowest BCUT2D eigenvalue weighted by molar-refractivity contribution is -0.123. The van der Waals surface area contributed by atoms with Crippen LogP contribution in [0.3, 0.4) is 0 Å². The van der Waals surface area contributed by atoms with E-state index in [-0.39, 0.29) is 29.6 Å². The van der Waals surface area contributed by atoms with Crippen LogP contribution in [0.5, 0.6) is 0 Å². The highest BCUT2D eigenvalue weighted by Crippen LogP contribution is 2.56. The lowest BCUT2D eigenvalue weighted by atomic mass is 9.81. The van der Waals surface area contributed by atoms with Gasteiger partial charge >= 0.3 is 0 Å². The zero-order valence-electron chi connectivity index (χ0n) is 19.0. The number of halogens is 1. The molecule has 2 aliphatic carbocycles. The molecule has 3 amide bonds. The number of fused-ring (bicyclic) bond motifs is 5. The maximum absolute atomic E-state index is 13.4. The Morgan fingerprint density at radius 1 is 0.882 bits per heavy atom. The highest BCUT2D eigenvalue weighted by Gasteiger charge is 2.61. The summed E-state index contributed by atoms with van der Waals surface area (Å²) < 4.78 is 0. The summed E-state index contributed by atoms with van der Waals surface area (Å²) in [4.78, 5) is 45.3. The van der Waals surface area contributed by atoms with Gasteiger partial charge in [0.2, 0.25) is 11.8 Å². The van der Waals surface area contributed by atoms with E-state index in [4.69, 9.17) is 11.6 Å². The molecule has 7 heteroatoms. The fraction of sp³-hybridized carbons (Fsp3) is 0.444. The molecule has 0 N–H and O–H groups in total. The minimum Gasteiger partial charge on any atom is -0.336 e. The van der Waals surface area contributed by atoms with Gasteiger partial charge in [-0.3, -0.25) is 24.2 Å². The summed E-state index contributed by atoms with van der Waals surface area (Å²) >= 11 is 6.43. The van der Waals surface area contributed by atoms with Gasteiger partial charge in [0.05, 0.1) is 28.1 Å². The molecule has 2 aromatic carbocycles. The number of carbonyl (C=O) groups is 3. The second-order valence-corrected chi connectivity index (χ2v) is 10.5. The van der Waals surface area contributed by atoms with Crippen LogP contribution in [0.2, 0.25) is 5.02 Å². The highest BCUT2D eigenvalue weighted by atomic mass is 35.5. The summed E-state index contributed by atoms with van der Waals surface area (Å²) in [5.74, 6) is -0.0490. The zero-order valence-corrected chi connectivity index (χ0v) is 19.8. The third kappa shape index (κ3) is 3.55. The fourth-order valence-corrected chi connectivity index (χ4v) is 6.80. The molecular formula is C27H28ClN3O3. The van der Waals surface area contributed by atoms with Gasteiger partial charge in [0, 0.05) is 32.7 Å². The zero-order chi connectivity index (χ0) is 23.4. The Kier molecular flexibility index (Phi) is 5.46. The van der Waals surface area contributed by atoms with E-state index in [1.807, 2.05) is 23.1 Å². The van der Waals surface area contributed by atoms with Crippen LogP contribution in [0.4, 0.5) is 5.69 Å². The average Bonchev–Trinajstić information content (AvgIpc) is 3.54. The first-order valence-electron chi connectivity index (χ1n) is 12.2. The van der Waals surface area contributed by atoms with Crippen molar-refractivity contribution in [2.75, 3.05) is 31.1 Å². The lowest BCUT2D eigenvalue weighted by Gasteiger charge is -2.35. The summed E-state index contributed by atoms with van der Waals surface area (Å²) in [6, 6.07) is 15.3. The molecule has 4 fully saturated rings. The maximum Gasteiger partial charge on any atom is 0.255 e. The summed E-state index contributed by atoms with van der Waals surface area (Å²) in [6.45, 7) is 3.66. The quantitative estimate of drug-likeness (QED) is 0.628. The second kappa shape index (κ2) is 8.51. The number of nitrogens with zero attached hydrogens (tertiary/aromatic N) is 3. The molecule has 6 rings (SSSR count). The van der Waals surface area contributed by atoms with Crippen molar-refractivity contribution < 1.29 is 14.4 Å². The molecule has 34 heavy (non-hydrogen) atoms. The third-order valence-electron chi connectivity index (χ3n) is 8.27. The molecule has 176 valence electrons. The molecule has 2 aromatic rings. The van der Waals surface area contributed by atoms with Crippen LogP contribution in [-0.4, -0.2) is 53.7 Å². The summed E-state index contributed by atoms with van der Waals surface area (Å²) in [6.07, 6.45) is 3.08. The number of imide groups is 1. The van der Waals surface area contributed by atoms with Crippen molar-refractivity contribution in [1.82, 2.24) is 9.80 Å². The monoisotopic (exact) mass is 477 g/mol. The number of amides is 3. The summed E-state index contributed by atoms with van der Waals surface area (Å²) in [5.41, 5.74) is 2.09. The molecule has 4 aliphatic rings. The topological polar surface area (TPSA) is 60.9 Å². The number of piperazine rings is 1. The number of benzene rings is 2. The van der Waals surface area contributed by atoms with E-state index in [0.717, 1.165) is 38.9 Å². The molecule has 2 bridgehead atoms. The highest BCUT2D eigenvalue weighted by molar-refractivity contribution is 6.34. The number of hydrogen-bond donors (Lipinski definition) is 0. The number of hydrogen-bond acceptors (Lipinski definition) is 4. The van der Waals surface area contributed by atoms with E-state index in [1.54, 1.807) is 18.2 Å². The van der Waals surface area contributed by atoms with Crippen LogP contribution in [0.1, 0.15) is 35.2 Å². The van der Waals surface area contributed by atoms with Crippen molar-refractivity contribution in [2.45, 2.75) is 25.8 Å². The Labute approximate surface area is 204 Å². The minimum absolute atomic E-state index is 0.0996. The van der Waals surface area contributed by atoms with Gasteiger partial charge in [-0.2, -0.15) is 0 Å². The van der Waals surface area contributed by atoms with Crippen LogP contribution in [0.15, 0.2) is 48.5 Å². The van der Waals surface area contributed by atoms with Crippen molar-refractivity contribution in [3.05, 3.63) is 64.7 Å². The molecule has 6 nitrogen and oxygen atoms in total. The van der Waals surface area contributed by atoms with Gasteiger partial charge in [-0.1, -0.05) is 41.9 Å². The van der Waals surface area contributed by atoms with Gasteiger partial charge in [0.1, 0.15) is 0 Å². The lowest BCUT2D eigenvalue weighted by Crippen LogP contribution is -2.48.